The molecule has 1 N–H and O–H groups in total. The highest BCUT2D eigenvalue weighted by Crippen LogP contribution is 2.27. The van der Waals surface area contributed by atoms with Crippen LogP contribution < -0.4 is 5.32 Å². The second-order valence-electron chi connectivity index (χ2n) is 4.19. The van der Waals surface area contributed by atoms with Gasteiger partial charge in [0.15, 0.2) is 0 Å². The second kappa shape index (κ2) is 6.52. The first-order chi connectivity index (χ1) is 8.06. The van der Waals surface area contributed by atoms with Crippen molar-refractivity contribution in [1.29, 1.82) is 0 Å². The Morgan fingerprint density at radius 2 is 2.00 bits per heavy atom. The third-order valence-corrected chi connectivity index (χ3v) is 3.87. The highest BCUT2D eigenvalue weighted by atomic mass is 79.9. The topological polar surface area (TPSA) is 33.1 Å². The number of hydrogen-bond donors (Lipinski definition) is 1. The Kier molecular flexibility index (Phi) is 5.62. The fraction of sp³-hybridized carbons (Fsp3) is 0.750. The molecule has 0 saturated heterocycles. The molecule has 0 aliphatic heterocycles. The Morgan fingerprint density at radius 1 is 1.41 bits per heavy atom. The second-order valence-corrected chi connectivity index (χ2v) is 4.94. The van der Waals surface area contributed by atoms with Crippen molar-refractivity contribution >= 4 is 15.9 Å². The summed E-state index contributed by atoms with van der Waals surface area (Å²) in [5.41, 5.74) is 1.25. The molecule has 1 aromatic rings. The summed E-state index contributed by atoms with van der Waals surface area (Å²) in [5, 5.41) is 3.28. The quantitative estimate of drug-likeness (QED) is 0.873. The largest absolute Gasteiger partial charge is 0.333 e. The molecule has 0 saturated carbocycles. The Labute approximate surface area is 113 Å². The lowest BCUT2D eigenvalue weighted by Crippen LogP contribution is -2.36. The molecule has 0 bridgehead atoms. The number of nitrogens with one attached hydrogen (secondary N) is 1. The third kappa shape index (κ3) is 3.09. The maximum atomic E-state index is 4.49. The first kappa shape index (κ1) is 14.7. The van der Waals surface area contributed by atoms with Gasteiger partial charge in [-0.3, -0.25) is 4.90 Å². The molecular formula is C12H23BrN4. The van der Waals surface area contributed by atoms with Gasteiger partial charge in [-0.25, -0.2) is 4.98 Å². The van der Waals surface area contributed by atoms with Gasteiger partial charge in [0.05, 0.1) is 11.7 Å². The van der Waals surface area contributed by atoms with E-state index >= 15 is 0 Å². The zero-order valence-corrected chi connectivity index (χ0v) is 13.0. The van der Waals surface area contributed by atoms with Crippen LogP contribution in [0.2, 0.25) is 0 Å². The Bertz CT molecular complexity index is 358. The van der Waals surface area contributed by atoms with Crippen molar-refractivity contribution in [3.63, 3.8) is 0 Å². The molecule has 0 amide bonds. The summed E-state index contributed by atoms with van der Waals surface area (Å²) in [7, 11) is 4.07. The summed E-state index contributed by atoms with van der Waals surface area (Å²) in [6, 6.07) is 0.357. The molecule has 0 aliphatic carbocycles. The first-order valence-electron chi connectivity index (χ1n) is 6.14. The van der Waals surface area contributed by atoms with E-state index in [1.165, 1.54) is 5.69 Å². The molecule has 0 aliphatic rings. The number of rotatable bonds is 6. The number of hydrogen-bond acceptors (Lipinski definition) is 3. The highest BCUT2D eigenvalue weighted by Gasteiger charge is 2.24. The summed E-state index contributed by atoms with van der Waals surface area (Å²) in [6.45, 7) is 9.44. The van der Waals surface area contributed by atoms with Crippen LogP contribution in [0.4, 0.5) is 0 Å². The van der Waals surface area contributed by atoms with E-state index in [0.29, 0.717) is 6.04 Å². The zero-order valence-electron chi connectivity index (χ0n) is 11.4. The van der Waals surface area contributed by atoms with Gasteiger partial charge in [0, 0.05) is 13.6 Å². The molecule has 0 radical (unpaired) electrons. The standard InChI is InChI=1S/C12H23BrN4/c1-6-17(7-2)10(8-14-4)11-12(13)15-9(3)16(11)5/h10,14H,6-8H2,1-5H3. The smallest absolute Gasteiger partial charge is 0.129 e. The molecule has 1 rings (SSSR count). The number of imidazole rings is 1. The van der Waals surface area contributed by atoms with Crippen LogP contribution in [0.1, 0.15) is 31.4 Å². The Morgan fingerprint density at radius 3 is 2.35 bits per heavy atom. The van der Waals surface area contributed by atoms with Crippen LogP contribution in [0.15, 0.2) is 4.60 Å². The van der Waals surface area contributed by atoms with Gasteiger partial charge in [-0.2, -0.15) is 0 Å². The van der Waals surface area contributed by atoms with Crippen LogP contribution in [-0.2, 0) is 7.05 Å². The maximum absolute atomic E-state index is 4.49. The molecule has 17 heavy (non-hydrogen) atoms. The van der Waals surface area contributed by atoms with Crippen LogP contribution in [0, 0.1) is 6.92 Å². The van der Waals surface area contributed by atoms with E-state index in [4.69, 9.17) is 0 Å². The van der Waals surface area contributed by atoms with Crippen molar-refractivity contribution in [1.82, 2.24) is 19.8 Å². The lowest BCUT2D eigenvalue weighted by molar-refractivity contribution is 0.208. The monoisotopic (exact) mass is 302 g/mol. The van der Waals surface area contributed by atoms with Gasteiger partial charge in [0.1, 0.15) is 10.4 Å². The van der Waals surface area contributed by atoms with Gasteiger partial charge >= 0.3 is 0 Å². The molecule has 98 valence electrons. The minimum Gasteiger partial charge on any atom is -0.333 e. The van der Waals surface area contributed by atoms with Gasteiger partial charge in [0.25, 0.3) is 0 Å². The Balaban J connectivity index is 3.12. The molecule has 1 aromatic heterocycles. The van der Waals surface area contributed by atoms with Crippen LogP contribution in [-0.4, -0.2) is 41.1 Å². The van der Waals surface area contributed by atoms with Gasteiger partial charge in [0.2, 0.25) is 0 Å². The van der Waals surface area contributed by atoms with Crippen molar-refractivity contribution in [2.24, 2.45) is 7.05 Å². The summed E-state index contributed by atoms with van der Waals surface area (Å²) in [4.78, 5) is 6.93. The molecule has 1 heterocycles. The van der Waals surface area contributed by atoms with Gasteiger partial charge in [-0.15, -0.1) is 0 Å². The third-order valence-electron chi connectivity index (χ3n) is 3.28. The molecule has 1 atom stereocenters. The minimum absolute atomic E-state index is 0.357. The number of aryl methyl sites for hydroxylation is 1. The van der Waals surface area contributed by atoms with Crippen LogP contribution in [0.3, 0.4) is 0 Å². The van der Waals surface area contributed by atoms with E-state index in [1.807, 2.05) is 14.0 Å². The molecule has 4 nitrogen and oxygen atoms in total. The lowest BCUT2D eigenvalue weighted by Gasteiger charge is -2.30. The molecule has 0 spiro atoms. The van der Waals surface area contributed by atoms with Crippen molar-refractivity contribution < 1.29 is 0 Å². The lowest BCUT2D eigenvalue weighted by atomic mass is 10.1. The van der Waals surface area contributed by atoms with Crippen molar-refractivity contribution in [3.8, 4) is 0 Å². The highest BCUT2D eigenvalue weighted by molar-refractivity contribution is 9.10. The summed E-state index contributed by atoms with van der Waals surface area (Å²) in [5.74, 6) is 1.04. The zero-order chi connectivity index (χ0) is 13.0. The minimum atomic E-state index is 0.357. The molecule has 1 unspecified atom stereocenters. The van der Waals surface area contributed by atoms with E-state index in [2.05, 4.69) is 56.6 Å². The van der Waals surface area contributed by atoms with Gasteiger partial charge in [-0.05, 0) is 43.0 Å². The predicted octanol–water partition coefficient (Wildman–Crippen LogP) is 2.09. The SMILES string of the molecule is CCN(CC)C(CNC)c1c(Br)nc(C)n1C. The van der Waals surface area contributed by atoms with E-state index < -0.39 is 0 Å². The van der Waals surface area contributed by atoms with Crippen molar-refractivity contribution in [3.05, 3.63) is 16.1 Å². The van der Waals surface area contributed by atoms with Crippen LogP contribution in [0.25, 0.3) is 0 Å². The van der Waals surface area contributed by atoms with Crippen molar-refractivity contribution in [2.45, 2.75) is 26.8 Å². The number of nitrogens with zero attached hydrogens (tertiary/aromatic N) is 3. The van der Waals surface area contributed by atoms with Gasteiger partial charge < -0.3 is 9.88 Å². The fourth-order valence-corrected chi connectivity index (χ4v) is 2.99. The van der Waals surface area contributed by atoms with E-state index in [0.717, 1.165) is 30.1 Å². The van der Waals surface area contributed by atoms with Crippen LogP contribution in [0.5, 0.6) is 0 Å². The normalized spacial score (nSPS) is 13.4. The molecule has 5 heteroatoms. The number of halogens is 1. The van der Waals surface area contributed by atoms with E-state index in [-0.39, 0.29) is 0 Å². The summed E-state index contributed by atoms with van der Waals surface area (Å²) < 4.78 is 3.13. The van der Waals surface area contributed by atoms with Crippen molar-refractivity contribution in [2.75, 3.05) is 26.7 Å². The van der Waals surface area contributed by atoms with E-state index in [1.54, 1.807) is 0 Å². The molecular weight excluding hydrogens is 280 g/mol. The van der Waals surface area contributed by atoms with Crippen LogP contribution >= 0.6 is 15.9 Å². The van der Waals surface area contributed by atoms with E-state index in [9.17, 15) is 0 Å². The summed E-state index contributed by atoms with van der Waals surface area (Å²) in [6.07, 6.45) is 0. The fourth-order valence-electron chi connectivity index (χ4n) is 2.20. The predicted molar refractivity (Wildman–Crippen MR) is 75.2 cm³/mol. The number of aromatic nitrogens is 2. The summed E-state index contributed by atoms with van der Waals surface area (Å²) >= 11 is 3.58. The van der Waals surface area contributed by atoms with Gasteiger partial charge in [-0.1, -0.05) is 13.8 Å². The average molecular weight is 303 g/mol. The Hall–Kier alpha value is -0.390. The molecule has 0 fully saturated rings. The first-order valence-corrected chi connectivity index (χ1v) is 6.93. The molecule has 0 aromatic carbocycles. The number of likely N-dealkylation sites (N-methyl/N-ethyl adjacent to an activating group) is 2. The average Bonchev–Trinajstić information content (AvgIpc) is 2.54. The maximum Gasteiger partial charge on any atom is 0.129 e.